The lowest BCUT2D eigenvalue weighted by atomic mass is 10.1. The molecule has 34 heavy (non-hydrogen) atoms. The highest BCUT2D eigenvalue weighted by Crippen LogP contribution is 2.38. The van der Waals surface area contributed by atoms with Gasteiger partial charge in [0, 0.05) is 25.0 Å². The summed E-state index contributed by atoms with van der Waals surface area (Å²) < 4.78 is 14.9. The largest absolute Gasteiger partial charge is 0.494 e. The second kappa shape index (κ2) is 8.13. The van der Waals surface area contributed by atoms with Crippen LogP contribution in [0.25, 0.3) is 33.6 Å². The van der Waals surface area contributed by atoms with E-state index in [4.69, 9.17) is 19.4 Å². The molecule has 2 fully saturated rings. The Morgan fingerprint density at radius 1 is 1.15 bits per heavy atom. The lowest BCUT2D eigenvalue weighted by Crippen LogP contribution is -2.14. The molecule has 4 aromatic rings. The number of nitrogens with one attached hydrogen (secondary N) is 1. The van der Waals surface area contributed by atoms with Crippen molar-refractivity contribution in [1.29, 1.82) is 0 Å². The van der Waals surface area contributed by atoms with E-state index >= 15 is 0 Å². The van der Waals surface area contributed by atoms with E-state index in [1.807, 2.05) is 11.6 Å². The zero-order chi connectivity index (χ0) is 23.4. The van der Waals surface area contributed by atoms with E-state index in [0.717, 1.165) is 53.3 Å². The highest BCUT2D eigenvalue weighted by Gasteiger charge is 2.27. The summed E-state index contributed by atoms with van der Waals surface area (Å²) in [7, 11) is 4.97. The van der Waals surface area contributed by atoms with Crippen molar-refractivity contribution in [2.45, 2.75) is 38.3 Å². The summed E-state index contributed by atoms with van der Waals surface area (Å²) >= 11 is 0. The molecule has 1 aliphatic heterocycles. The fraction of sp³-hybridized carbons (Fsp3) is 0.423. The van der Waals surface area contributed by atoms with Gasteiger partial charge in [-0.15, -0.1) is 0 Å². The van der Waals surface area contributed by atoms with Crippen LogP contribution in [0.3, 0.4) is 0 Å². The zero-order valence-electron chi connectivity index (χ0n) is 19.8. The van der Waals surface area contributed by atoms with E-state index in [9.17, 15) is 4.79 Å². The second-order valence-corrected chi connectivity index (χ2v) is 9.41. The number of nitrogens with zero attached hydrogens (tertiary/aromatic N) is 4. The van der Waals surface area contributed by atoms with Gasteiger partial charge in [0.25, 0.3) is 0 Å². The van der Waals surface area contributed by atoms with Crippen LogP contribution >= 0.6 is 0 Å². The van der Waals surface area contributed by atoms with Crippen molar-refractivity contribution in [3.05, 3.63) is 41.6 Å². The third-order valence-corrected chi connectivity index (χ3v) is 7.12. The van der Waals surface area contributed by atoms with E-state index in [0.29, 0.717) is 28.8 Å². The lowest BCUT2D eigenvalue weighted by Gasteiger charge is -2.13. The minimum absolute atomic E-state index is 0.328. The molecule has 1 N–H and O–H groups in total. The van der Waals surface area contributed by atoms with Crippen LogP contribution in [-0.4, -0.2) is 45.8 Å². The average molecular weight is 460 g/mol. The number of imidazole rings is 1. The summed E-state index contributed by atoms with van der Waals surface area (Å²) in [6, 6.07) is 10.3. The van der Waals surface area contributed by atoms with Crippen LogP contribution in [0, 0.1) is 5.92 Å². The molecule has 3 aromatic heterocycles. The summed E-state index contributed by atoms with van der Waals surface area (Å²) in [5.74, 6) is 1.69. The summed E-state index contributed by atoms with van der Waals surface area (Å²) in [5.41, 5.74) is 5.13. The highest BCUT2D eigenvalue weighted by molar-refractivity contribution is 5.97. The first-order valence-electron chi connectivity index (χ1n) is 11.9. The smallest absolute Gasteiger partial charge is 0.338 e. The molecule has 0 spiro atoms. The van der Waals surface area contributed by atoms with Gasteiger partial charge in [-0.2, -0.15) is 0 Å². The van der Waals surface area contributed by atoms with E-state index < -0.39 is 5.97 Å². The molecule has 1 aromatic carbocycles. The second-order valence-electron chi connectivity index (χ2n) is 9.41. The standard InChI is InChI=1S/C26H29N5O3/c1-30-23-20(11-17(26(32)34-3)13-22(23)33-2)29-25(30)21-12-16-8-9-19(18-5-4-10-27-18)28-24(16)31(21)14-15-6-7-15/h8-9,11-13,15,18,27H,4-7,10,14H2,1-3H3/t18-/m1/s1. The third kappa shape index (κ3) is 3.44. The first-order chi connectivity index (χ1) is 16.6. The fourth-order valence-corrected chi connectivity index (χ4v) is 5.13. The third-order valence-electron chi connectivity index (χ3n) is 7.12. The van der Waals surface area contributed by atoms with Crippen LogP contribution in [0.15, 0.2) is 30.3 Å². The Bertz CT molecular complexity index is 1410. The molecule has 1 saturated heterocycles. The van der Waals surface area contributed by atoms with Crippen LogP contribution in [0.1, 0.15) is 47.8 Å². The number of aromatic nitrogens is 4. The van der Waals surface area contributed by atoms with Crippen molar-refractivity contribution < 1.29 is 14.3 Å². The number of hydrogen-bond acceptors (Lipinski definition) is 6. The number of methoxy groups -OCH3 is 2. The average Bonchev–Trinajstić information content (AvgIpc) is 3.23. The van der Waals surface area contributed by atoms with Crippen LogP contribution in [0.2, 0.25) is 0 Å². The van der Waals surface area contributed by atoms with Crippen LogP contribution in [-0.2, 0) is 18.3 Å². The van der Waals surface area contributed by atoms with Crippen LogP contribution in [0.4, 0.5) is 0 Å². The van der Waals surface area contributed by atoms with Gasteiger partial charge in [0.05, 0.1) is 36.7 Å². The summed E-state index contributed by atoms with van der Waals surface area (Å²) in [6.07, 6.45) is 4.82. The van der Waals surface area contributed by atoms with Gasteiger partial charge in [-0.3, -0.25) is 0 Å². The lowest BCUT2D eigenvalue weighted by molar-refractivity contribution is 0.0600. The first kappa shape index (κ1) is 21.2. The van der Waals surface area contributed by atoms with E-state index in [2.05, 4.69) is 28.1 Å². The Balaban J connectivity index is 1.54. The highest BCUT2D eigenvalue weighted by atomic mass is 16.5. The number of pyridine rings is 1. The zero-order valence-corrected chi connectivity index (χ0v) is 19.8. The summed E-state index contributed by atoms with van der Waals surface area (Å²) in [5, 5.41) is 4.68. The van der Waals surface area contributed by atoms with Gasteiger partial charge in [-0.1, -0.05) is 0 Å². The minimum Gasteiger partial charge on any atom is -0.494 e. The molecule has 176 valence electrons. The molecule has 8 heteroatoms. The summed E-state index contributed by atoms with van der Waals surface area (Å²) in [4.78, 5) is 22.3. The normalized spacial score (nSPS) is 18.1. The molecule has 0 bridgehead atoms. The Morgan fingerprint density at radius 3 is 2.71 bits per heavy atom. The van der Waals surface area contributed by atoms with Crippen molar-refractivity contribution in [2.75, 3.05) is 20.8 Å². The Labute approximate surface area is 197 Å². The van der Waals surface area contributed by atoms with Gasteiger partial charge < -0.3 is 23.9 Å². The number of benzene rings is 1. The molecule has 6 rings (SSSR count). The molecule has 1 saturated carbocycles. The number of carbonyl (C=O) groups excluding carboxylic acids is 1. The van der Waals surface area contributed by atoms with Crippen molar-refractivity contribution in [2.24, 2.45) is 13.0 Å². The predicted molar refractivity (Wildman–Crippen MR) is 130 cm³/mol. The van der Waals surface area contributed by atoms with Crippen LogP contribution in [0.5, 0.6) is 5.75 Å². The first-order valence-corrected chi connectivity index (χ1v) is 11.9. The van der Waals surface area contributed by atoms with Crippen molar-refractivity contribution in [3.8, 4) is 17.3 Å². The monoisotopic (exact) mass is 459 g/mol. The van der Waals surface area contributed by atoms with Gasteiger partial charge in [0.2, 0.25) is 0 Å². The number of carbonyl (C=O) groups is 1. The SMILES string of the molecule is COC(=O)c1cc(OC)c2c(c1)nc(-c1cc3ccc([C@H]4CCCN4)nc3n1CC1CC1)n2C. The molecular formula is C26H29N5O3. The number of rotatable bonds is 6. The topological polar surface area (TPSA) is 83.2 Å². The molecule has 0 radical (unpaired) electrons. The molecule has 8 nitrogen and oxygen atoms in total. The maximum Gasteiger partial charge on any atom is 0.338 e. The molecule has 1 aliphatic carbocycles. The molecule has 2 aliphatic rings. The number of fused-ring (bicyclic) bond motifs is 2. The molecule has 4 heterocycles. The quantitative estimate of drug-likeness (QED) is 0.435. The Hall–Kier alpha value is -3.39. The molecule has 0 amide bonds. The maximum absolute atomic E-state index is 12.2. The Kier molecular flexibility index (Phi) is 5.06. The Morgan fingerprint density at radius 2 is 2.00 bits per heavy atom. The number of ether oxygens (including phenoxy) is 2. The van der Waals surface area contributed by atoms with Crippen molar-refractivity contribution in [1.82, 2.24) is 24.4 Å². The van der Waals surface area contributed by atoms with Crippen molar-refractivity contribution in [3.63, 3.8) is 0 Å². The van der Waals surface area contributed by atoms with E-state index in [1.165, 1.54) is 26.4 Å². The van der Waals surface area contributed by atoms with E-state index in [1.54, 1.807) is 19.2 Å². The fourth-order valence-electron chi connectivity index (χ4n) is 5.13. The van der Waals surface area contributed by atoms with Crippen molar-refractivity contribution >= 4 is 28.0 Å². The van der Waals surface area contributed by atoms with Gasteiger partial charge in [-0.05, 0) is 68.5 Å². The minimum atomic E-state index is -0.410. The van der Waals surface area contributed by atoms with Gasteiger partial charge in [-0.25, -0.2) is 14.8 Å². The maximum atomic E-state index is 12.2. The molecular weight excluding hydrogens is 430 g/mol. The van der Waals surface area contributed by atoms with E-state index in [-0.39, 0.29) is 0 Å². The molecule has 1 atom stereocenters. The molecule has 0 unspecified atom stereocenters. The van der Waals surface area contributed by atoms with Gasteiger partial charge in [0.1, 0.15) is 16.9 Å². The van der Waals surface area contributed by atoms with Gasteiger partial charge >= 0.3 is 5.97 Å². The predicted octanol–water partition coefficient (Wildman–Crippen LogP) is 4.22. The number of esters is 1. The number of aryl methyl sites for hydroxylation is 1. The number of hydrogen-bond donors (Lipinski definition) is 1. The van der Waals surface area contributed by atoms with Crippen LogP contribution < -0.4 is 10.1 Å². The van der Waals surface area contributed by atoms with Gasteiger partial charge in [0.15, 0.2) is 5.82 Å². The summed E-state index contributed by atoms with van der Waals surface area (Å²) in [6.45, 7) is 1.98.